The number of imidazole rings is 1. The van der Waals surface area contributed by atoms with Crippen LogP contribution in [0.25, 0.3) is 16.2 Å². The van der Waals surface area contributed by atoms with Crippen molar-refractivity contribution in [1.82, 2.24) is 20.0 Å². The van der Waals surface area contributed by atoms with E-state index in [1.54, 1.807) is 0 Å². The molecule has 4 aromatic rings. The molecule has 2 amide bonds. The van der Waals surface area contributed by atoms with Crippen LogP contribution < -0.4 is 15.5 Å². The minimum absolute atomic E-state index is 0.0311. The Morgan fingerprint density at radius 2 is 1.94 bits per heavy atom. The summed E-state index contributed by atoms with van der Waals surface area (Å²) in [5.74, 6) is 0.0142. The van der Waals surface area contributed by atoms with Crippen LogP contribution in [0, 0.1) is 0 Å². The average molecular weight is 446 g/mol. The van der Waals surface area contributed by atoms with E-state index >= 15 is 0 Å². The van der Waals surface area contributed by atoms with E-state index in [2.05, 4.69) is 20.5 Å². The smallest absolute Gasteiger partial charge is 0.239 e. The molecule has 0 bridgehead atoms. The summed E-state index contributed by atoms with van der Waals surface area (Å²) in [6.07, 6.45) is 2.29. The van der Waals surface area contributed by atoms with Gasteiger partial charge in [0.15, 0.2) is 4.96 Å². The predicted octanol–water partition coefficient (Wildman–Crippen LogP) is 2.86. The normalized spacial score (nSPS) is 13.9. The quantitative estimate of drug-likeness (QED) is 0.478. The second-order valence-corrected chi connectivity index (χ2v) is 8.60. The van der Waals surface area contributed by atoms with Crippen molar-refractivity contribution in [3.05, 3.63) is 77.4 Å². The second kappa shape index (κ2) is 8.84. The molecule has 5 rings (SSSR count). The molecule has 0 unspecified atom stereocenters. The lowest BCUT2D eigenvalue weighted by atomic mass is 10.1. The van der Waals surface area contributed by atoms with Crippen molar-refractivity contribution in [2.24, 2.45) is 0 Å². The Kier molecular flexibility index (Phi) is 5.60. The summed E-state index contributed by atoms with van der Waals surface area (Å²) in [6, 6.07) is 18.0. The molecule has 1 fully saturated rings. The molecule has 3 heterocycles. The highest BCUT2D eigenvalue weighted by Gasteiger charge is 2.16. The van der Waals surface area contributed by atoms with Crippen molar-refractivity contribution in [3.8, 4) is 11.3 Å². The molecule has 0 atom stereocenters. The largest absolute Gasteiger partial charge is 0.360 e. The number of nitrogens with one attached hydrogen (secondary N) is 2. The Hall–Kier alpha value is -3.65. The fourth-order valence-corrected chi connectivity index (χ4v) is 4.69. The number of fused-ring (bicyclic) bond motifs is 1. The van der Waals surface area contributed by atoms with Crippen LogP contribution in [0.1, 0.15) is 11.3 Å². The Morgan fingerprint density at radius 3 is 2.72 bits per heavy atom. The monoisotopic (exact) mass is 445 g/mol. The number of carbonyl (C=O) groups excluding carboxylic acids is 2. The van der Waals surface area contributed by atoms with Crippen molar-refractivity contribution in [2.75, 3.05) is 24.5 Å². The summed E-state index contributed by atoms with van der Waals surface area (Å²) < 4.78 is 2.00. The Labute approximate surface area is 189 Å². The number of nitrogens with zero attached hydrogens (tertiary/aromatic N) is 3. The first-order valence-corrected chi connectivity index (χ1v) is 11.4. The number of anilines is 1. The van der Waals surface area contributed by atoms with Crippen molar-refractivity contribution in [3.63, 3.8) is 0 Å². The topological polar surface area (TPSA) is 78.7 Å². The highest BCUT2D eigenvalue weighted by molar-refractivity contribution is 7.15. The van der Waals surface area contributed by atoms with Crippen LogP contribution in [-0.4, -0.2) is 40.8 Å². The first kappa shape index (κ1) is 20.3. The Morgan fingerprint density at radius 1 is 1.12 bits per heavy atom. The summed E-state index contributed by atoms with van der Waals surface area (Å²) in [4.78, 5) is 31.7. The van der Waals surface area contributed by atoms with Crippen LogP contribution in [-0.2, 0) is 22.6 Å². The van der Waals surface area contributed by atoms with Crippen molar-refractivity contribution in [1.29, 1.82) is 0 Å². The fourth-order valence-electron chi connectivity index (χ4n) is 3.82. The van der Waals surface area contributed by atoms with Crippen LogP contribution in [0.5, 0.6) is 0 Å². The van der Waals surface area contributed by atoms with Gasteiger partial charge in [-0.2, -0.15) is 0 Å². The van der Waals surface area contributed by atoms with Gasteiger partial charge in [-0.15, -0.1) is 11.3 Å². The van der Waals surface area contributed by atoms with Crippen LogP contribution in [0.3, 0.4) is 0 Å². The number of aromatic nitrogens is 2. The summed E-state index contributed by atoms with van der Waals surface area (Å²) in [5.41, 5.74) is 4.94. The summed E-state index contributed by atoms with van der Waals surface area (Å²) in [7, 11) is 0. The van der Waals surface area contributed by atoms with Crippen LogP contribution >= 0.6 is 11.3 Å². The number of rotatable bonds is 6. The van der Waals surface area contributed by atoms with Gasteiger partial charge in [0, 0.05) is 48.2 Å². The average Bonchev–Trinajstić information content (AvgIpc) is 3.41. The molecular formula is C24H23N5O2S. The maximum atomic E-state index is 12.6. The van der Waals surface area contributed by atoms with E-state index in [0.29, 0.717) is 26.1 Å². The zero-order valence-electron chi connectivity index (χ0n) is 17.5. The van der Waals surface area contributed by atoms with E-state index in [1.165, 1.54) is 11.3 Å². The third-order valence-corrected chi connectivity index (χ3v) is 6.41. The summed E-state index contributed by atoms with van der Waals surface area (Å²) in [5, 5.41) is 7.82. The number of amides is 2. The molecule has 2 aromatic heterocycles. The number of piperazine rings is 1. The number of hydrogen-bond acceptors (Lipinski definition) is 5. The van der Waals surface area contributed by atoms with Gasteiger partial charge in [0.2, 0.25) is 11.8 Å². The van der Waals surface area contributed by atoms with E-state index in [4.69, 9.17) is 0 Å². The van der Waals surface area contributed by atoms with Gasteiger partial charge in [-0.25, -0.2) is 4.98 Å². The SMILES string of the molecule is O=C(Cc1csc2nc(-c3ccccc3)cn12)NCc1ccc(N2CCNC(=O)C2)cc1. The molecule has 1 saturated heterocycles. The predicted molar refractivity (Wildman–Crippen MR) is 126 cm³/mol. The number of thiazole rings is 1. The Balaban J connectivity index is 1.19. The Bertz CT molecular complexity index is 1250. The summed E-state index contributed by atoms with van der Waals surface area (Å²) >= 11 is 1.54. The van der Waals surface area contributed by atoms with Crippen molar-refractivity contribution in [2.45, 2.75) is 13.0 Å². The van der Waals surface area contributed by atoms with Crippen LogP contribution in [0.2, 0.25) is 0 Å². The van der Waals surface area contributed by atoms with E-state index in [9.17, 15) is 9.59 Å². The maximum Gasteiger partial charge on any atom is 0.239 e. The molecule has 1 aliphatic heterocycles. The zero-order chi connectivity index (χ0) is 21.9. The molecule has 162 valence electrons. The van der Waals surface area contributed by atoms with E-state index < -0.39 is 0 Å². The molecule has 2 N–H and O–H groups in total. The van der Waals surface area contributed by atoms with Gasteiger partial charge >= 0.3 is 0 Å². The lowest BCUT2D eigenvalue weighted by Crippen LogP contribution is -2.47. The zero-order valence-corrected chi connectivity index (χ0v) is 18.3. The minimum Gasteiger partial charge on any atom is -0.360 e. The molecule has 0 aliphatic carbocycles. The van der Waals surface area contributed by atoms with Gasteiger partial charge < -0.3 is 15.5 Å². The first-order chi connectivity index (χ1) is 15.7. The lowest BCUT2D eigenvalue weighted by Gasteiger charge is -2.28. The van der Waals surface area contributed by atoms with Gasteiger partial charge in [-0.1, -0.05) is 42.5 Å². The molecule has 0 spiro atoms. The van der Waals surface area contributed by atoms with E-state index in [-0.39, 0.29) is 11.8 Å². The number of benzene rings is 2. The van der Waals surface area contributed by atoms with Gasteiger partial charge in [0.05, 0.1) is 18.7 Å². The third kappa shape index (κ3) is 4.36. The van der Waals surface area contributed by atoms with Crippen molar-refractivity contribution < 1.29 is 9.59 Å². The molecular weight excluding hydrogens is 422 g/mol. The first-order valence-electron chi connectivity index (χ1n) is 10.5. The molecule has 1 aliphatic rings. The van der Waals surface area contributed by atoms with E-state index in [0.717, 1.165) is 39.7 Å². The van der Waals surface area contributed by atoms with Crippen LogP contribution in [0.15, 0.2) is 66.2 Å². The minimum atomic E-state index is -0.0311. The van der Waals surface area contributed by atoms with E-state index in [1.807, 2.05) is 70.6 Å². The highest BCUT2D eigenvalue weighted by atomic mass is 32.1. The third-order valence-electron chi connectivity index (χ3n) is 5.52. The van der Waals surface area contributed by atoms with Gasteiger partial charge in [-0.05, 0) is 17.7 Å². The van der Waals surface area contributed by atoms with Gasteiger partial charge in [0.25, 0.3) is 0 Å². The highest BCUT2D eigenvalue weighted by Crippen LogP contribution is 2.24. The molecule has 0 radical (unpaired) electrons. The molecule has 8 heteroatoms. The van der Waals surface area contributed by atoms with Gasteiger partial charge in [-0.3, -0.25) is 14.0 Å². The molecule has 2 aromatic carbocycles. The number of carbonyl (C=O) groups is 2. The molecule has 32 heavy (non-hydrogen) atoms. The standard InChI is InChI=1S/C24H23N5O2S/c30-22(26-13-17-6-8-19(9-7-17)28-11-10-25-23(31)15-28)12-20-16-32-24-27-21(14-29(20)24)18-4-2-1-3-5-18/h1-9,14,16H,10-13,15H2,(H,25,31)(H,26,30). The van der Waals surface area contributed by atoms with Crippen LogP contribution in [0.4, 0.5) is 5.69 Å². The molecule has 0 saturated carbocycles. The second-order valence-electron chi connectivity index (χ2n) is 7.76. The van der Waals surface area contributed by atoms with Crippen molar-refractivity contribution >= 4 is 33.8 Å². The lowest BCUT2D eigenvalue weighted by molar-refractivity contribution is -0.121. The fraction of sp³-hybridized carbons (Fsp3) is 0.208. The molecule has 7 nitrogen and oxygen atoms in total. The maximum absolute atomic E-state index is 12.6. The summed E-state index contributed by atoms with van der Waals surface area (Å²) in [6.45, 7) is 2.31. The number of hydrogen-bond donors (Lipinski definition) is 2. The van der Waals surface area contributed by atoms with Gasteiger partial charge in [0.1, 0.15) is 0 Å².